The number of nitrogens with zero attached hydrogens (tertiary/aromatic N) is 1. The van der Waals surface area contributed by atoms with Crippen LogP contribution in [0.4, 0.5) is 5.69 Å². The van der Waals surface area contributed by atoms with Gasteiger partial charge in [0.15, 0.2) is 12.4 Å². The van der Waals surface area contributed by atoms with Gasteiger partial charge < -0.3 is 10.5 Å². The van der Waals surface area contributed by atoms with E-state index in [4.69, 9.17) is 0 Å². The van der Waals surface area contributed by atoms with Gasteiger partial charge in [-0.3, -0.25) is 4.79 Å². The molecule has 0 bridgehead atoms. The molecule has 1 aromatic carbocycles. The summed E-state index contributed by atoms with van der Waals surface area (Å²) in [5, 5.41) is 13.9. The van der Waals surface area contributed by atoms with Crippen molar-refractivity contribution in [3.63, 3.8) is 0 Å². The first kappa shape index (κ1) is 14.1. The van der Waals surface area contributed by atoms with E-state index in [9.17, 15) is 10.0 Å². The van der Waals surface area contributed by atoms with Crippen molar-refractivity contribution in [1.82, 2.24) is 0 Å². The van der Waals surface area contributed by atoms with Crippen LogP contribution in [-0.2, 0) is 0 Å². The quantitative estimate of drug-likeness (QED) is 0.685. The van der Waals surface area contributed by atoms with Crippen molar-refractivity contribution in [3.05, 3.63) is 65.1 Å². The van der Waals surface area contributed by atoms with Crippen LogP contribution in [0.1, 0.15) is 42.1 Å². The van der Waals surface area contributed by atoms with Gasteiger partial charge in [-0.2, -0.15) is 4.73 Å². The molecule has 4 heteroatoms. The largest absolute Gasteiger partial charge is 0.619 e. The molecule has 104 valence electrons. The van der Waals surface area contributed by atoms with Crippen molar-refractivity contribution >= 4 is 11.6 Å². The van der Waals surface area contributed by atoms with Gasteiger partial charge in [0.25, 0.3) is 5.91 Å². The molecule has 4 nitrogen and oxygen atoms in total. The molecule has 0 saturated carbocycles. The van der Waals surface area contributed by atoms with Crippen molar-refractivity contribution in [2.24, 2.45) is 0 Å². The summed E-state index contributed by atoms with van der Waals surface area (Å²) in [4.78, 5) is 12.0. The van der Waals surface area contributed by atoms with E-state index in [1.165, 1.54) is 18.0 Å². The van der Waals surface area contributed by atoms with E-state index in [-0.39, 0.29) is 5.91 Å². The first-order chi connectivity index (χ1) is 9.60. The molecule has 1 unspecified atom stereocenters. The summed E-state index contributed by atoms with van der Waals surface area (Å²) in [7, 11) is 0. The Morgan fingerprint density at radius 2 is 2.00 bits per heavy atom. The molecule has 1 aromatic heterocycles. The lowest BCUT2D eigenvalue weighted by molar-refractivity contribution is -0.605. The molecule has 0 aliphatic carbocycles. The number of rotatable bonds is 4. The molecule has 0 spiro atoms. The van der Waals surface area contributed by atoms with E-state index in [1.54, 1.807) is 12.1 Å². The molecule has 0 aliphatic rings. The lowest BCUT2D eigenvalue weighted by Gasteiger charge is -2.10. The second kappa shape index (κ2) is 6.19. The van der Waals surface area contributed by atoms with E-state index >= 15 is 0 Å². The third-order valence-electron chi connectivity index (χ3n) is 3.39. The zero-order chi connectivity index (χ0) is 14.5. The van der Waals surface area contributed by atoms with Crippen LogP contribution < -0.4 is 10.0 Å². The average Bonchev–Trinajstić information content (AvgIpc) is 2.47. The zero-order valence-corrected chi connectivity index (χ0v) is 11.7. The van der Waals surface area contributed by atoms with Crippen molar-refractivity contribution in [2.75, 3.05) is 5.32 Å². The Morgan fingerprint density at radius 3 is 2.60 bits per heavy atom. The fourth-order valence-electron chi connectivity index (χ4n) is 1.92. The molecule has 0 aliphatic heterocycles. The number of nitrogens with one attached hydrogen (secondary N) is 1. The number of aromatic nitrogens is 1. The highest BCUT2D eigenvalue weighted by Crippen LogP contribution is 2.20. The van der Waals surface area contributed by atoms with Crippen molar-refractivity contribution < 1.29 is 9.52 Å². The van der Waals surface area contributed by atoms with Gasteiger partial charge in [0.1, 0.15) is 5.56 Å². The number of anilines is 1. The van der Waals surface area contributed by atoms with Crippen LogP contribution in [0, 0.1) is 5.21 Å². The van der Waals surface area contributed by atoms with Gasteiger partial charge in [-0.05, 0) is 36.1 Å². The molecule has 0 radical (unpaired) electrons. The van der Waals surface area contributed by atoms with Gasteiger partial charge in [-0.25, -0.2) is 0 Å². The first-order valence-corrected chi connectivity index (χ1v) is 6.70. The summed E-state index contributed by atoms with van der Waals surface area (Å²) >= 11 is 0. The fourth-order valence-corrected chi connectivity index (χ4v) is 1.92. The van der Waals surface area contributed by atoms with Crippen LogP contribution in [0.5, 0.6) is 0 Å². The van der Waals surface area contributed by atoms with E-state index in [0.717, 1.165) is 12.1 Å². The average molecular weight is 270 g/mol. The minimum atomic E-state index is -0.286. The lowest BCUT2D eigenvalue weighted by atomic mass is 9.99. The number of carbonyl (C=O) groups is 1. The maximum Gasteiger partial charge on any atom is 0.261 e. The molecule has 1 N–H and O–H groups in total. The molecule has 2 rings (SSSR count). The SMILES string of the molecule is CCC(C)c1ccc(NC(=O)c2ccc[n+]([O-])c2)cc1. The fraction of sp³-hybridized carbons (Fsp3) is 0.250. The summed E-state index contributed by atoms with van der Waals surface area (Å²) < 4.78 is 0.612. The summed E-state index contributed by atoms with van der Waals surface area (Å²) in [5.41, 5.74) is 2.32. The van der Waals surface area contributed by atoms with E-state index in [0.29, 0.717) is 16.2 Å². The number of hydrogen-bond donors (Lipinski definition) is 1. The van der Waals surface area contributed by atoms with Crippen LogP contribution in [0.3, 0.4) is 0 Å². The lowest BCUT2D eigenvalue weighted by Crippen LogP contribution is -2.27. The Kier molecular flexibility index (Phi) is 4.35. The van der Waals surface area contributed by atoms with Gasteiger partial charge in [0, 0.05) is 11.8 Å². The maximum atomic E-state index is 12.0. The Morgan fingerprint density at radius 1 is 1.30 bits per heavy atom. The summed E-state index contributed by atoms with van der Waals surface area (Å²) in [6, 6.07) is 11.0. The Bertz CT molecular complexity index is 594. The smallest absolute Gasteiger partial charge is 0.261 e. The van der Waals surface area contributed by atoms with Crippen LogP contribution in [-0.4, -0.2) is 5.91 Å². The summed E-state index contributed by atoms with van der Waals surface area (Å²) in [6.45, 7) is 4.32. The van der Waals surface area contributed by atoms with E-state index < -0.39 is 0 Å². The van der Waals surface area contributed by atoms with Crippen molar-refractivity contribution in [2.45, 2.75) is 26.2 Å². The molecule has 0 saturated heterocycles. The van der Waals surface area contributed by atoms with Gasteiger partial charge >= 0.3 is 0 Å². The van der Waals surface area contributed by atoms with Gasteiger partial charge in [0.05, 0.1) is 0 Å². The molecule has 2 aromatic rings. The number of amides is 1. The molecular weight excluding hydrogens is 252 g/mol. The highest BCUT2D eigenvalue weighted by atomic mass is 16.5. The van der Waals surface area contributed by atoms with Crippen molar-refractivity contribution in [3.8, 4) is 0 Å². The normalized spacial score (nSPS) is 11.9. The zero-order valence-electron chi connectivity index (χ0n) is 11.7. The highest BCUT2D eigenvalue weighted by Gasteiger charge is 2.09. The molecule has 1 atom stereocenters. The first-order valence-electron chi connectivity index (χ1n) is 6.70. The predicted molar refractivity (Wildman–Crippen MR) is 78.5 cm³/mol. The van der Waals surface area contributed by atoms with Crippen LogP contribution in [0.15, 0.2) is 48.8 Å². The Labute approximate surface area is 118 Å². The molecule has 20 heavy (non-hydrogen) atoms. The number of benzene rings is 1. The topological polar surface area (TPSA) is 56.0 Å². The third-order valence-corrected chi connectivity index (χ3v) is 3.39. The minimum absolute atomic E-state index is 0.286. The second-order valence-corrected chi connectivity index (χ2v) is 4.84. The Balaban J connectivity index is 2.08. The van der Waals surface area contributed by atoms with Gasteiger partial charge in [0.2, 0.25) is 0 Å². The van der Waals surface area contributed by atoms with E-state index in [2.05, 4.69) is 19.2 Å². The van der Waals surface area contributed by atoms with Crippen LogP contribution in [0.25, 0.3) is 0 Å². The van der Waals surface area contributed by atoms with Crippen molar-refractivity contribution in [1.29, 1.82) is 0 Å². The molecular formula is C16H18N2O2. The molecule has 1 heterocycles. The number of carbonyl (C=O) groups excluding carboxylic acids is 1. The molecule has 0 fully saturated rings. The van der Waals surface area contributed by atoms with Gasteiger partial charge in [-0.15, -0.1) is 0 Å². The predicted octanol–water partition coefficient (Wildman–Crippen LogP) is 3.09. The van der Waals surface area contributed by atoms with Crippen LogP contribution >= 0.6 is 0 Å². The summed E-state index contributed by atoms with van der Waals surface area (Å²) in [5.74, 6) is 0.222. The van der Waals surface area contributed by atoms with E-state index in [1.807, 2.05) is 24.3 Å². The standard InChI is InChI=1S/C16H18N2O2/c1-3-12(2)13-6-8-15(9-7-13)17-16(19)14-5-4-10-18(20)11-14/h4-12H,3H2,1-2H3,(H,17,19). The third kappa shape index (κ3) is 3.35. The monoisotopic (exact) mass is 270 g/mol. The number of pyridine rings is 1. The highest BCUT2D eigenvalue weighted by molar-refractivity contribution is 6.03. The Hall–Kier alpha value is -2.36. The second-order valence-electron chi connectivity index (χ2n) is 4.84. The van der Waals surface area contributed by atoms with Gasteiger partial charge in [-0.1, -0.05) is 26.0 Å². The molecule has 1 amide bonds. The maximum absolute atomic E-state index is 12.0. The number of hydrogen-bond acceptors (Lipinski definition) is 2. The minimum Gasteiger partial charge on any atom is -0.619 e. The summed E-state index contributed by atoms with van der Waals surface area (Å²) in [6.07, 6.45) is 3.68. The van der Waals surface area contributed by atoms with Crippen LogP contribution in [0.2, 0.25) is 0 Å².